The Morgan fingerprint density at radius 3 is 3.00 bits per heavy atom. The lowest BCUT2D eigenvalue weighted by molar-refractivity contribution is -0.146. The van der Waals surface area contributed by atoms with E-state index in [0.717, 1.165) is 10.6 Å². The van der Waals surface area contributed by atoms with Crippen molar-refractivity contribution in [1.82, 2.24) is 9.55 Å². The van der Waals surface area contributed by atoms with E-state index >= 15 is 0 Å². The fourth-order valence-electron chi connectivity index (χ4n) is 1.93. The molecule has 0 amide bonds. The van der Waals surface area contributed by atoms with Gasteiger partial charge in [-0.05, 0) is 0 Å². The predicted octanol–water partition coefficient (Wildman–Crippen LogP) is -1.25. The van der Waals surface area contributed by atoms with Crippen molar-refractivity contribution >= 4 is 5.97 Å². The van der Waals surface area contributed by atoms with E-state index in [1.807, 2.05) is 0 Å². The van der Waals surface area contributed by atoms with Crippen LogP contribution >= 0.6 is 0 Å². The highest BCUT2D eigenvalue weighted by molar-refractivity contribution is 5.65. The number of aromatic amines is 1. The zero-order valence-corrected chi connectivity index (χ0v) is 10.2. The molecule has 8 heteroatoms. The summed E-state index contributed by atoms with van der Waals surface area (Å²) in [5.74, 6) is -0.442. The quantitative estimate of drug-likeness (QED) is 0.664. The minimum atomic E-state index is -0.913. The Bertz CT molecular complexity index is 577. The van der Waals surface area contributed by atoms with Crippen LogP contribution in [0.2, 0.25) is 0 Å². The van der Waals surface area contributed by atoms with E-state index in [-0.39, 0.29) is 13.0 Å². The third-order valence-corrected chi connectivity index (χ3v) is 2.76. The van der Waals surface area contributed by atoms with E-state index in [9.17, 15) is 19.5 Å². The molecule has 0 aliphatic carbocycles. The van der Waals surface area contributed by atoms with E-state index in [1.54, 1.807) is 0 Å². The van der Waals surface area contributed by atoms with Crippen molar-refractivity contribution in [3.63, 3.8) is 0 Å². The van der Waals surface area contributed by atoms with Crippen molar-refractivity contribution in [2.75, 3.05) is 6.61 Å². The predicted molar refractivity (Wildman–Crippen MR) is 62.5 cm³/mol. The average molecular weight is 270 g/mol. The van der Waals surface area contributed by atoms with Crippen LogP contribution in [0.5, 0.6) is 0 Å². The molecule has 1 fully saturated rings. The third-order valence-electron chi connectivity index (χ3n) is 2.76. The van der Waals surface area contributed by atoms with Crippen molar-refractivity contribution < 1.29 is 19.4 Å². The van der Waals surface area contributed by atoms with E-state index in [0.29, 0.717) is 0 Å². The third kappa shape index (κ3) is 3.09. The van der Waals surface area contributed by atoms with Crippen LogP contribution in [0.1, 0.15) is 19.6 Å². The zero-order valence-electron chi connectivity index (χ0n) is 10.2. The lowest BCUT2D eigenvalue weighted by Crippen LogP contribution is -2.35. The Hall–Kier alpha value is -1.93. The summed E-state index contributed by atoms with van der Waals surface area (Å²) in [6, 6.07) is 1.16. The zero-order chi connectivity index (χ0) is 14.0. The number of nitrogens with one attached hydrogen (secondary N) is 1. The largest absolute Gasteiger partial charge is 0.463 e. The van der Waals surface area contributed by atoms with Crippen molar-refractivity contribution in [2.24, 2.45) is 0 Å². The van der Waals surface area contributed by atoms with Crippen molar-refractivity contribution in [3.8, 4) is 0 Å². The topological polar surface area (TPSA) is 111 Å². The lowest BCUT2D eigenvalue weighted by atomic mass is 10.2. The molecule has 2 unspecified atom stereocenters. The SMILES string of the molecule is CC(=O)OCC1C[C@H](O)C(n2ccc(=O)[nH]c2=O)O1. The monoisotopic (exact) mass is 270 g/mol. The van der Waals surface area contributed by atoms with Crippen LogP contribution in [-0.2, 0) is 14.3 Å². The lowest BCUT2D eigenvalue weighted by Gasteiger charge is -2.16. The van der Waals surface area contributed by atoms with Gasteiger partial charge in [-0.15, -0.1) is 0 Å². The number of hydrogen-bond donors (Lipinski definition) is 2. The molecule has 0 bridgehead atoms. The molecule has 0 saturated carbocycles. The number of aliphatic hydroxyl groups is 1. The Morgan fingerprint density at radius 2 is 2.37 bits per heavy atom. The van der Waals surface area contributed by atoms with Crippen LogP contribution in [0.4, 0.5) is 0 Å². The van der Waals surface area contributed by atoms with Gasteiger partial charge in [0.15, 0.2) is 6.23 Å². The molecular formula is C11H14N2O6. The first-order valence-electron chi connectivity index (χ1n) is 5.75. The highest BCUT2D eigenvalue weighted by Crippen LogP contribution is 2.27. The summed E-state index contributed by atoms with van der Waals surface area (Å²) in [7, 11) is 0. The molecule has 8 nitrogen and oxygen atoms in total. The molecule has 0 aromatic carbocycles. The van der Waals surface area contributed by atoms with Gasteiger partial charge in [0.2, 0.25) is 0 Å². The van der Waals surface area contributed by atoms with E-state index < -0.39 is 35.7 Å². The number of esters is 1. The van der Waals surface area contributed by atoms with Crippen molar-refractivity contribution in [2.45, 2.75) is 31.8 Å². The highest BCUT2D eigenvalue weighted by atomic mass is 16.6. The summed E-state index contributed by atoms with van der Waals surface area (Å²) in [6.45, 7) is 1.29. The molecule has 2 rings (SSSR count). The molecule has 1 aliphatic rings. The van der Waals surface area contributed by atoms with E-state index in [2.05, 4.69) is 4.98 Å². The molecule has 1 aliphatic heterocycles. The first-order chi connectivity index (χ1) is 8.97. The Morgan fingerprint density at radius 1 is 1.63 bits per heavy atom. The maximum absolute atomic E-state index is 11.6. The standard InChI is InChI=1S/C11H14N2O6/c1-6(14)18-5-7-4-8(15)10(19-7)13-3-2-9(16)12-11(13)17/h2-3,7-8,10,15H,4-5H2,1H3,(H,12,16,17)/t7?,8-,10?/m0/s1. The number of rotatable bonds is 3. The smallest absolute Gasteiger partial charge is 0.330 e. The molecule has 19 heavy (non-hydrogen) atoms. The molecule has 3 atom stereocenters. The fourth-order valence-corrected chi connectivity index (χ4v) is 1.93. The van der Waals surface area contributed by atoms with Crippen LogP contribution in [0.15, 0.2) is 21.9 Å². The summed E-state index contributed by atoms with van der Waals surface area (Å²) in [4.78, 5) is 35.3. The summed E-state index contributed by atoms with van der Waals surface area (Å²) < 4.78 is 11.3. The second-order valence-electron chi connectivity index (χ2n) is 4.27. The van der Waals surface area contributed by atoms with Gasteiger partial charge in [-0.1, -0.05) is 0 Å². The first-order valence-corrected chi connectivity index (χ1v) is 5.75. The molecule has 104 valence electrons. The number of H-pyrrole nitrogens is 1. The Balaban J connectivity index is 2.11. The average Bonchev–Trinajstić information content (AvgIpc) is 2.68. The second-order valence-corrected chi connectivity index (χ2v) is 4.27. The molecule has 0 spiro atoms. The molecule has 1 saturated heterocycles. The van der Waals surface area contributed by atoms with E-state index in [1.165, 1.54) is 13.1 Å². The van der Waals surface area contributed by atoms with Gasteiger partial charge in [0, 0.05) is 25.6 Å². The maximum atomic E-state index is 11.6. The molecule has 2 N–H and O–H groups in total. The highest BCUT2D eigenvalue weighted by Gasteiger charge is 2.36. The summed E-state index contributed by atoms with van der Waals surface area (Å²) in [6.07, 6.45) is -0.802. The minimum Gasteiger partial charge on any atom is -0.463 e. The normalized spacial score (nSPS) is 26.3. The molecule has 1 aromatic rings. The van der Waals surface area contributed by atoms with Crippen molar-refractivity contribution in [1.29, 1.82) is 0 Å². The van der Waals surface area contributed by atoms with Crippen LogP contribution in [0.3, 0.4) is 0 Å². The molecule has 1 aromatic heterocycles. The first kappa shape index (κ1) is 13.5. The molecule has 0 radical (unpaired) electrons. The number of carbonyl (C=O) groups is 1. The van der Waals surface area contributed by atoms with Crippen LogP contribution in [0, 0.1) is 0 Å². The summed E-state index contributed by atoms with van der Waals surface area (Å²) in [5.41, 5.74) is -1.19. The van der Waals surface area contributed by atoms with Crippen molar-refractivity contribution in [3.05, 3.63) is 33.1 Å². The number of carbonyl (C=O) groups excluding carboxylic acids is 1. The number of ether oxygens (including phenoxy) is 2. The number of aromatic nitrogens is 2. The van der Waals surface area contributed by atoms with E-state index in [4.69, 9.17) is 9.47 Å². The van der Waals surface area contributed by atoms with Crippen LogP contribution < -0.4 is 11.2 Å². The van der Waals surface area contributed by atoms with Gasteiger partial charge in [0.25, 0.3) is 5.56 Å². The fraction of sp³-hybridized carbons (Fsp3) is 0.545. The van der Waals surface area contributed by atoms with Gasteiger partial charge in [0.1, 0.15) is 12.7 Å². The van der Waals surface area contributed by atoms with Crippen LogP contribution in [-0.4, -0.2) is 39.4 Å². The summed E-state index contributed by atoms with van der Waals surface area (Å²) >= 11 is 0. The second kappa shape index (κ2) is 5.37. The van der Waals surface area contributed by atoms with Gasteiger partial charge >= 0.3 is 11.7 Å². The molecular weight excluding hydrogens is 256 g/mol. The maximum Gasteiger partial charge on any atom is 0.330 e. The van der Waals surface area contributed by atoms with Gasteiger partial charge in [0.05, 0.1) is 6.10 Å². The number of aliphatic hydroxyl groups excluding tert-OH is 1. The van der Waals surface area contributed by atoms with Gasteiger partial charge < -0.3 is 14.6 Å². The van der Waals surface area contributed by atoms with Crippen LogP contribution in [0.25, 0.3) is 0 Å². The Kier molecular flexibility index (Phi) is 3.82. The molecule has 2 heterocycles. The minimum absolute atomic E-state index is 0.0149. The van der Waals surface area contributed by atoms with Gasteiger partial charge in [-0.2, -0.15) is 0 Å². The number of nitrogens with zero attached hydrogens (tertiary/aromatic N) is 1. The Labute approximate surface area is 107 Å². The van der Waals surface area contributed by atoms with Gasteiger partial charge in [-0.3, -0.25) is 19.1 Å². The summed E-state index contributed by atoms with van der Waals surface area (Å²) in [5, 5.41) is 9.85. The number of hydrogen-bond acceptors (Lipinski definition) is 6. The van der Waals surface area contributed by atoms with Gasteiger partial charge in [-0.25, -0.2) is 4.79 Å².